The fourth-order valence-corrected chi connectivity index (χ4v) is 3.51. The molecule has 2 heterocycles. The molecule has 1 fully saturated rings. The number of piperidine rings is 1. The molecule has 1 aliphatic rings. The van der Waals surface area contributed by atoms with E-state index in [0.717, 1.165) is 29.7 Å². The lowest BCUT2D eigenvalue weighted by atomic mass is 10.00. The number of benzene rings is 1. The third-order valence-electron chi connectivity index (χ3n) is 5.08. The van der Waals surface area contributed by atoms with Gasteiger partial charge in [-0.25, -0.2) is 9.97 Å². The maximum atomic E-state index is 4.71. The Bertz CT molecular complexity index is 711. The first-order chi connectivity index (χ1) is 11.6. The van der Waals surface area contributed by atoms with Crippen LogP contribution in [-0.2, 0) is 0 Å². The molecule has 1 saturated heterocycles. The van der Waals surface area contributed by atoms with E-state index in [1.807, 2.05) is 6.92 Å². The molecule has 0 spiro atoms. The fourth-order valence-electron chi connectivity index (χ4n) is 3.51. The predicted octanol–water partition coefficient (Wildman–Crippen LogP) is 4.91. The van der Waals surface area contributed by atoms with Crippen LogP contribution in [0.15, 0.2) is 24.3 Å². The monoisotopic (exact) mass is 324 g/mol. The molecule has 0 aliphatic carbocycles. The van der Waals surface area contributed by atoms with Crippen molar-refractivity contribution in [2.24, 2.45) is 0 Å². The summed E-state index contributed by atoms with van der Waals surface area (Å²) in [6, 6.07) is 9.02. The average molecular weight is 324 g/mol. The molecule has 1 atom stereocenters. The highest BCUT2D eigenvalue weighted by atomic mass is 15.2. The third-order valence-corrected chi connectivity index (χ3v) is 5.08. The quantitative estimate of drug-likeness (QED) is 0.867. The zero-order chi connectivity index (χ0) is 17.1. The Morgan fingerprint density at radius 2 is 2.00 bits per heavy atom. The van der Waals surface area contributed by atoms with Gasteiger partial charge in [0.25, 0.3) is 0 Å². The van der Waals surface area contributed by atoms with Crippen LogP contribution in [0.25, 0.3) is 0 Å². The molecule has 3 rings (SSSR count). The molecule has 1 aromatic carbocycles. The van der Waals surface area contributed by atoms with Gasteiger partial charge < -0.3 is 10.2 Å². The summed E-state index contributed by atoms with van der Waals surface area (Å²) in [5, 5.41) is 3.49. The number of hydrogen-bond donors (Lipinski definition) is 1. The number of aromatic nitrogens is 2. The molecule has 2 aromatic rings. The van der Waals surface area contributed by atoms with Crippen molar-refractivity contribution in [3.63, 3.8) is 0 Å². The van der Waals surface area contributed by atoms with Crippen LogP contribution in [0.3, 0.4) is 0 Å². The number of nitrogens with zero attached hydrogens (tertiary/aromatic N) is 3. The molecular weight excluding hydrogens is 296 g/mol. The molecule has 0 bridgehead atoms. The van der Waals surface area contributed by atoms with Crippen LogP contribution < -0.4 is 10.2 Å². The van der Waals surface area contributed by atoms with E-state index in [2.05, 4.69) is 60.2 Å². The third kappa shape index (κ3) is 3.53. The molecule has 0 radical (unpaired) electrons. The van der Waals surface area contributed by atoms with Crippen molar-refractivity contribution < 1.29 is 0 Å². The van der Waals surface area contributed by atoms with E-state index >= 15 is 0 Å². The second-order valence-electron chi connectivity index (χ2n) is 6.78. The van der Waals surface area contributed by atoms with E-state index in [-0.39, 0.29) is 0 Å². The SMILES string of the molecule is CCC1CCCCN1c1cc(Nc2cccc(C)c2C)nc(C)n1. The summed E-state index contributed by atoms with van der Waals surface area (Å²) >= 11 is 0. The standard InChI is InChI=1S/C20H28N4/c1-5-17-10-6-7-12-24(17)20-13-19(21-16(4)22-20)23-18-11-8-9-14(2)15(18)3/h8-9,11,13,17H,5-7,10,12H2,1-4H3,(H,21,22,23). The number of hydrogen-bond acceptors (Lipinski definition) is 4. The first-order valence-corrected chi connectivity index (χ1v) is 9.04. The molecule has 0 amide bonds. The van der Waals surface area contributed by atoms with Crippen LogP contribution in [0.1, 0.15) is 49.6 Å². The van der Waals surface area contributed by atoms with E-state index in [4.69, 9.17) is 4.98 Å². The highest BCUT2D eigenvalue weighted by molar-refractivity contribution is 5.64. The van der Waals surface area contributed by atoms with Crippen LogP contribution in [0.2, 0.25) is 0 Å². The second kappa shape index (κ2) is 7.20. The molecule has 0 saturated carbocycles. The first kappa shape index (κ1) is 16.7. The maximum Gasteiger partial charge on any atom is 0.136 e. The lowest BCUT2D eigenvalue weighted by Gasteiger charge is -2.36. The van der Waals surface area contributed by atoms with Gasteiger partial charge in [-0.05, 0) is 63.6 Å². The van der Waals surface area contributed by atoms with Crippen molar-refractivity contribution in [3.05, 3.63) is 41.2 Å². The van der Waals surface area contributed by atoms with Crippen LogP contribution in [0, 0.1) is 20.8 Å². The molecular formula is C20H28N4. The van der Waals surface area contributed by atoms with E-state index in [0.29, 0.717) is 6.04 Å². The lowest BCUT2D eigenvalue weighted by molar-refractivity contribution is 0.446. The Morgan fingerprint density at radius 3 is 2.79 bits per heavy atom. The summed E-state index contributed by atoms with van der Waals surface area (Å²) in [5.41, 5.74) is 3.66. The minimum atomic E-state index is 0.599. The Kier molecular flexibility index (Phi) is 5.03. The van der Waals surface area contributed by atoms with Crippen molar-refractivity contribution in [1.29, 1.82) is 0 Å². The first-order valence-electron chi connectivity index (χ1n) is 9.04. The largest absolute Gasteiger partial charge is 0.353 e. The minimum Gasteiger partial charge on any atom is -0.353 e. The van der Waals surface area contributed by atoms with Gasteiger partial charge in [0.15, 0.2) is 0 Å². The summed E-state index contributed by atoms with van der Waals surface area (Å²) in [6.45, 7) is 9.62. The zero-order valence-corrected chi connectivity index (χ0v) is 15.3. The van der Waals surface area contributed by atoms with Crippen molar-refractivity contribution in [1.82, 2.24) is 9.97 Å². The van der Waals surface area contributed by atoms with Crippen molar-refractivity contribution in [2.45, 2.75) is 59.4 Å². The summed E-state index contributed by atoms with van der Waals surface area (Å²) in [5.74, 6) is 2.76. The predicted molar refractivity (Wildman–Crippen MR) is 101 cm³/mol. The van der Waals surface area contributed by atoms with Gasteiger partial charge in [0.2, 0.25) is 0 Å². The van der Waals surface area contributed by atoms with Gasteiger partial charge in [0.1, 0.15) is 17.5 Å². The molecule has 128 valence electrons. The molecule has 4 nitrogen and oxygen atoms in total. The highest BCUT2D eigenvalue weighted by Gasteiger charge is 2.22. The van der Waals surface area contributed by atoms with Crippen LogP contribution >= 0.6 is 0 Å². The number of anilines is 3. The number of aryl methyl sites for hydroxylation is 2. The lowest BCUT2D eigenvalue weighted by Crippen LogP contribution is -2.39. The normalized spacial score (nSPS) is 17.8. The van der Waals surface area contributed by atoms with Gasteiger partial charge in [-0.1, -0.05) is 19.1 Å². The van der Waals surface area contributed by atoms with Gasteiger partial charge in [-0.2, -0.15) is 0 Å². The Morgan fingerprint density at radius 1 is 1.17 bits per heavy atom. The fraction of sp³-hybridized carbons (Fsp3) is 0.500. The van der Waals surface area contributed by atoms with Crippen molar-refractivity contribution in [3.8, 4) is 0 Å². The number of rotatable bonds is 4. The van der Waals surface area contributed by atoms with Gasteiger partial charge in [-0.3, -0.25) is 0 Å². The average Bonchev–Trinajstić information content (AvgIpc) is 2.58. The van der Waals surface area contributed by atoms with Gasteiger partial charge in [-0.15, -0.1) is 0 Å². The smallest absolute Gasteiger partial charge is 0.136 e. The van der Waals surface area contributed by atoms with E-state index < -0.39 is 0 Å². The highest BCUT2D eigenvalue weighted by Crippen LogP contribution is 2.28. The Hall–Kier alpha value is -2.10. The summed E-state index contributed by atoms with van der Waals surface area (Å²) in [6.07, 6.45) is 5.01. The van der Waals surface area contributed by atoms with Crippen molar-refractivity contribution >= 4 is 17.3 Å². The maximum absolute atomic E-state index is 4.71. The summed E-state index contributed by atoms with van der Waals surface area (Å²) in [4.78, 5) is 11.8. The summed E-state index contributed by atoms with van der Waals surface area (Å²) < 4.78 is 0. The van der Waals surface area contributed by atoms with Crippen LogP contribution in [0.4, 0.5) is 17.3 Å². The van der Waals surface area contributed by atoms with Gasteiger partial charge >= 0.3 is 0 Å². The van der Waals surface area contributed by atoms with Gasteiger partial charge in [0, 0.05) is 24.3 Å². The summed E-state index contributed by atoms with van der Waals surface area (Å²) in [7, 11) is 0. The molecule has 1 aliphatic heterocycles. The molecule has 4 heteroatoms. The zero-order valence-electron chi connectivity index (χ0n) is 15.3. The van der Waals surface area contributed by atoms with Crippen molar-refractivity contribution in [2.75, 3.05) is 16.8 Å². The van der Waals surface area contributed by atoms with Crippen LogP contribution in [0.5, 0.6) is 0 Å². The van der Waals surface area contributed by atoms with E-state index in [1.54, 1.807) is 0 Å². The van der Waals surface area contributed by atoms with E-state index in [1.165, 1.54) is 36.8 Å². The Balaban J connectivity index is 1.90. The van der Waals surface area contributed by atoms with Gasteiger partial charge in [0.05, 0.1) is 0 Å². The Labute approximate surface area is 145 Å². The number of nitrogens with one attached hydrogen (secondary N) is 1. The minimum absolute atomic E-state index is 0.599. The molecule has 1 unspecified atom stereocenters. The molecule has 1 aromatic heterocycles. The van der Waals surface area contributed by atoms with E-state index in [9.17, 15) is 0 Å². The molecule has 24 heavy (non-hydrogen) atoms. The van der Waals surface area contributed by atoms with Crippen LogP contribution in [-0.4, -0.2) is 22.6 Å². The topological polar surface area (TPSA) is 41.0 Å². The second-order valence-corrected chi connectivity index (χ2v) is 6.78. The molecule has 1 N–H and O–H groups in total.